The molecule has 2 unspecified atom stereocenters. The number of hydrogen-bond donors (Lipinski definition) is 0. The van der Waals surface area contributed by atoms with Gasteiger partial charge in [-0.05, 0) is 87.9 Å². The van der Waals surface area contributed by atoms with Crippen molar-refractivity contribution in [3.8, 4) is 0 Å². The molecule has 0 spiro atoms. The van der Waals surface area contributed by atoms with Gasteiger partial charge in [-0.2, -0.15) is 0 Å². The average molecular weight is 327 g/mol. The zero-order chi connectivity index (χ0) is 16.8. The first-order valence-electron chi connectivity index (χ1n) is 10.8. The SMILES string of the molecule is C=CCCCC1=C(CCCC=C)C(C2CCCC2)C1C1CCCC1. The topological polar surface area (TPSA) is 0 Å². The molecule has 2 saturated carbocycles. The van der Waals surface area contributed by atoms with Gasteiger partial charge in [-0.1, -0.05) is 49.0 Å². The molecule has 3 aliphatic rings. The Kier molecular flexibility index (Phi) is 6.81. The third kappa shape index (κ3) is 3.89. The molecule has 0 aromatic carbocycles. The largest absolute Gasteiger partial charge is 0.103 e. The fourth-order valence-electron chi connectivity index (χ4n) is 6.08. The minimum Gasteiger partial charge on any atom is -0.103 e. The van der Waals surface area contributed by atoms with Gasteiger partial charge in [0.25, 0.3) is 0 Å². The summed E-state index contributed by atoms with van der Waals surface area (Å²) in [5, 5.41) is 0. The Morgan fingerprint density at radius 1 is 0.667 bits per heavy atom. The van der Waals surface area contributed by atoms with Crippen molar-refractivity contribution in [3.63, 3.8) is 0 Å². The van der Waals surface area contributed by atoms with Gasteiger partial charge in [0.1, 0.15) is 0 Å². The highest BCUT2D eigenvalue weighted by Crippen LogP contribution is 2.58. The van der Waals surface area contributed by atoms with Gasteiger partial charge in [0.05, 0.1) is 0 Å². The molecule has 0 heterocycles. The molecular weight excluding hydrogens is 288 g/mol. The van der Waals surface area contributed by atoms with Crippen LogP contribution in [0.2, 0.25) is 0 Å². The van der Waals surface area contributed by atoms with Gasteiger partial charge in [0, 0.05) is 0 Å². The van der Waals surface area contributed by atoms with Crippen LogP contribution in [0.4, 0.5) is 0 Å². The highest BCUT2D eigenvalue weighted by atomic mass is 14.5. The average Bonchev–Trinajstić information content (AvgIpc) is 3.27. The monoisotopic (exact) mass is 326 g/mol. The molecule has 0 heteroatoms. The van der Waals surface area contributed by atoms with E-state index >= 15 is 0 Å². The van der Waals surface area contributed by atoms with Gasteiger partial charge in [-0.25, -0.2) is 0 Å². The van der Waals surface area contributed by atoms with Crippen LogP contribution in [0.5, 0.6) is 0 Å². The van der Waals surface area contributed by atoms with E-state index in [2.05, 4.69) is 25.3 Å². The third-order valence-electron chi connectivity index (χ3n) is 7.13. The molecule has 0 saturated heterocycles. The summed E-state index contributed by atoms with van der Waals surface area (Å²) >= 11 is 0. The fourth-order valence-corrected chi connectivity index (χ4v) is 6.08. The van der Waals surface area contributed by atoms with E-state index in [0.29, 0.717) is 0 Å². The molecule has 0 aromatic rings. The summed E-state index contributed by atoms with van der Waals surface area (Å²) in [4.78, 5) is 0. The second-order valence-electron chi connectivity index (χ2n) is 8.55. The van der Waals surface area contributed by atoms with Gasteiger partial charge < -0.3 is 0 Å². The number of unbranched alkanes of at least 4 members (excludes halogenated alkanes) is 2. The minimum atomic E-state index is 0.971. The van der Waals surface area contributed by atoms with E-state index in [1.165, 1.54) is 89.9 Å². The van der Waals surface area contributed by atoms with Crippen LogP contribution in [0.25, 0.3) is 0 Å². The van der Waals surface area contributed by atoms with Crippen LogP contribution in [-0.4, -0.2) is 0 Å². The van der Waals surface area contributed by atoms with Crippen LogP contribution < -0.4 is 0 Å². The van der Waals surface area contributed by atoms with Gasteiger partial charge in [-0.15, -0.1) is 13.2 Å². The van der Waals surface area contributed by atoms with Crippen molar-refractivity contribution >= 4 is 0 Å². The molecule has 3 rings (SSSR count). The first-order valence-corrected chi connectivity index (χ1v) is 10.8. The van der Waals surface area contributed by atoms with Crippen LogP contribution >= 0.6 is 0 Å². The summed E-state index contributed by atoms with van der Waals surface area (Å²) in [5.74, 6) is 3.99. The lowest BCUT2D eigenvalue weighted by atomic mass is 9.55. The van der Waals surface area contributed by atoms with E-state index in [1.54, 1.807) is 0 Å². The second-order valence-corrected chi connectivity index (χ2v) is 8.55. The maximum Gasteiger partial charge on any atom is -0.0104 e. The van der Waals surface area contributed by atoms with Crippen LogP contribution in [0.1, 0.15) is 89.9 Å². The van der Waals surface area contributed by atoms with Crippen molar-refractivity contribution in [2.75, 3.05) is 0 Å². The summed E-state index contributed by atoms with van der Waals surface area (Å²) in [6.45, 7) is 7.86. The Labute approximate surface area is 150 Å². The van der Waals surface area contributed by atoms with Crippen molar-refractivity contribution in [2.45, 2.75) is 89.9 Å². The Morgan fingerprint density at radius 3 is 1.38 bits per heavy atom. The molecule has 2 fully saturated rings. The zero-order valence-corrected chi connectivity index (χ0v) is 15.8. The van der Waals surface area contributed by atoms with Crippen molar-refractivity contribution in [3.05, 3.63) is 36.5 Å². The van der Waals surface area contributed by atoms with E-state index in [0.717, 1.165) is 23.7 Å². The van der Waals surface area contributed by atoms with Crippen molar-refractivity contribution in [1.29, 1.82) is 0 Å². The van der Waals surface area contributed by atoms with Crippen LogP contribution in [-0.2, 0) is 0 Å². The summed E-state index contributed by atoms with van der Waals surface area (Å²) in [6.07, 6.45) is 24.0. The molecule has 0 nitrogen and oxygen atoms in total. The maximum atomic E-state index is 3.93. The summed E-state index contributed by atoms with van der Waals surface area (Å²) in [5.41, 5.74) is 3.84. The molecule has 0 aliphatic heterocycles. The van der Waals surface area contributed by atoms with Gasteiger partial charge >= 0.3 is 0 Å². The lowest BCUT2D eigenvalue weighted by molar-refractivity contribution is 0.171. The van der Waals surface area contributed by atoms with Crippen LogP contribution in [0.15, 0.2) is 36.5 Å². The van der Waals surface area contributed by atoms with E-state index in [4.69, 9.17) is 0 Å². The predicted octanol–water partition coefficient (Wildman–Crippen LogP) is 7.62. The lowest BCUT2D eigenvalue weighted by Crippen LogP contribution is -2.40. The molecular formula is C24H38. The predicted molar refractivity (Wildman–Crippen MR) is 106 cm³/mol. The number of allylic oxidation sites excluding steroid dienone is 4. The Morgan fingerprint density at radius 2 is 1.04 bits per heavy atom. The highest BCUT2D eigenvalue weighted by Gasteiger charge is 2.47. The second kappa shape index (κ2) is 9.07. The highest BCUT2D eigenvalue weighted by molar-refractivity contribution is 5.35. The Balaban J connectivity index is 1.77. The van der Waals surface area contributed by atoms with E-state index in [9.17, 15) is 0 Å². The van der Waals surface area contributed by atoms with Gasteiger partial charge in [0.15, 0.2) is 0 Å². The molecule has 0 bridgehead atoms. The summed E-state index contributed by atoms with van der Waals surface area (Å²) in [6, 6.07) is 0. The van der Waals surface area contributed by atoms with E-state index in [-0.39, 0.29) is 0 Å². The quantitative estimate of drug-likeness (QED) is 0.286. The smallest absolute Gasteiger partial charge is 0.0104 e. The minimum absolute atomic E-state index is 0.971. The first kappa shape index (κ1) is 18.0. The lowest BCUT2D eigenvalue weighted by Gasteiger charge is -2.49. The van der Waals surface area contributed by atoms with Gasteiger partial charge in [0.2, 0.25) is 0 Å². The number of hydrogen-bond acceptors (Lipinski definition) is 0. The Hall–Kier alpha value is -0.780. The summed E-state index contributed by atoms with van der Waals surface area (Å²) in [7, 11) is 0. The molecule has 2 atom stereocenters. The van der Waals surface area contributed by atoms with Crippen molar-refractivity contribution in [2.24, 2.45) is 23.7 Å². The van der Waals surface area contributed by atoms with Crippen LogP contribution in [0, 0.1) is 23.7 Å². The summed E-state index contributed by atoms with van der Waals surface area (Å²) < 4.78 is 0. The van der Waals surface area contributed by atoms with Crippen molar-refractivity contribution < 1.29 is 0 Å². The van der Waals surface area contributed by atoms with E-state index in [1.807, 2.05) is 11.1 Å². The standard InChI is InChI=1S/C24H38/c1-3-5-7-17-21-22(18-8-6-4-2)24(20-15-11-12-16-20)23(21)19-13-9-10-14-19/h3-4,19-20,23-24H,1-2,5-18H2. The third-order valence-corrected chi connectivity index (χ3v) is 7.13. The van der Waals surface area contributed by atoms with Gasteiger partial charge in [-0.3, -0.25) is 0 Å². The molecule has 0 amide bonds. The number of rotatable bonds is 10. The Bertz CT molecular complexity index is 401. The van der Waals surface area contributed by atoms with E-state index < -0.39 is 0 Å². The first-order chi connectivity index (χ1) is 11.9. The zero-order valence-electron chi connectivity index (χ0n) is 15.8. The fraction of sp³-hybridized carbons (Fsp3) is 0.750. The molecule has 0 N–H and O–H groups in total. The molecule has 0 aromatic heterocycles. The molecule has 134 valence electrons. The maximum absolute atomic E-state index is 3.93. The molecule has 3 aliphatic carbocycles. The molecule has 24 heavy (non-hydrogen) atoms. The molecule has 0 radical (unpaired) electrons. The van der Waals surface area contributed by atoms with Crippen molar-refractivity contribution in [1.82, 2.24) is 0 Å². The normalized spacial score (nSPS) is 28.3. The van der Waals surface area contributed by atoms with Crippen LogP contribution in [0.3, 0.4) is 0 Å².